The molecule has 224 valence electrons. The minimum Gasteiger partial charge on any atom is -0.329 e. The molecule has 1 aliphatic heterocycles. The van der Waals surface area contributed by atoms with Crippen LogP contribution in [-0.2, 0) is 17.9 Å². The second-order valence-electron chi connectivity index (χ2n) is 10.2. The molecule has 0 radical (unpaired) electrons. The Kier molecular flexibility index (Phi) is 7.86. The standard InChI is InChI=1S/C30H26F2N8O3S/c1-37(2)15-22-26-28(42)39(20-10-11-25(33-14-20)40-35-12-13-36-40)30(43)38(16-21-23(31)4-3-5-24(21)32)29(26)44-27(22)18-6-8-19(9-7-18)34-17-41/h3-12,14,17,36H,13,15-16H2,1-2H3,(H,34,41). The number of benzene rings is 2. The van der Waals surface area contributed by atoms with Crippen molar-refractivity contribution in [3.8, 4) is 16.1 Å². The summed E-state index contributed by atoms with van der Waals surface area (Å²) in [5.74, 6) is -1.17. The molecule has 0 saturated heterocycles. The second-order valence-corrected chi connectivity index (χ2v) is 11.2. The van der Waals surface area contributed by atoms with Gasteiger partial charge < -0.3 is 10.2 Å². The number of anilines is 2. The smallest absolute Gasteiger partial charge is 0.329 e. The molecule has 11 nitrogen and oxygen atoms in total. The molecule has 4 heterocycles. The zero-order valence-electron chi connectivity index (χ0n) is 23.6. The fourth-order valence-electron chi connectivity index (χ4n) is 5.03. The van der Waals surface area contributed by atoms with Gasteiger partial charge in [0, 0.05) is 28.9 Å². The van der Waals surface area contributed by atoms with E-state index in [0.29, 0.717) is 41.4 Å². The summed E-state index contributed by atoms with van der Waals surface area (Å²) in [6.07, 6.45) is 3.62. The van der Waals surface area contributed by atoms with Gasteiger partial charge in [-0.25, -0.2) is 28.6 Å². The number of hydrazone groups is 1. The largest absolute Gasteiger partial charge is 0.337 e. The monoisotopic (exact) mass is 616 g/mol. The number of hydrogen-bond acceptors (Lipinski definition) is 9. The SMILES string of the molecule is CN(C)Cc1c(-c2ccc(NC=O)cc2)sc2c1c(=O)n(-c1ccc(N3N=CCN3)nc1)c(=O)n2Cc1c(F)cccc1F. The summed E-state index contributed by atoms with van der Waals surface area (Å²) in [7, 11) is 3.70. The maximum Gasteiger partial charge on any atom is 0.337 e. The van der Waals surface area contributed by atoms with E-state index in [1.54, 1.807) is 42.6 Å². The van der Waals surface area contributed by atoms with Crippen LogP contribution in [0, 0.1) is 11.6 Å². The number of rotatable bonds is 9. The number of fused-ring (bicyclic) bond motifs is 1. The topological polar surface area (TPSA) is 117 Å². The van der Waals surface area contributed by atoms with Crippen LogP contribution < -0.4 is 27.1 Å². The zero-order chi connectivity index (χ0) is 31.0. The number of carbonyl (C=O) groups excluding carboxylic acids is 1. The molecule has 0 atom stereocenters. The highest BCUT2D eigenvalue weighted by Crippen LogP contribution is 2.38. The maximum atomic E-state index is 14.9. The maximum absolute atomic E-state index is 14.9. The van der Waals surface area contributed by atoms with Gasteiger partial charge in [-0.05, 0) is 61.6 Å². The minimum absolute atomic E-state index is 0.185. The van der Waals surface area contributed by atoms with Crippen molar-refractivity contribution in [2.45, 2.75) is 13.1 Å². The third kappa shape index (κ3) is 5.30. The number of pyridine rings is 1. The fraction of sp³-hybridized carbons (Fsp3) is 0.167. The van der Waals surface area contributed by atoms with Crippen LogP contribution >= 0.6 is 11.3 Å². The Hall–Kier alpha value is -5.05. The quantitative estimate of drug-likeness (QED) is 0.244. The van der Waals surface area contributed by atoms with Crippen molar-refractivity contribution in [2.75, 3.05) is 31.1 Å². The zero-order valence-corrected chi connectivity index (χ0v) is 24.4. The highest BCUT2D eigenvalue weighted by Gasteiger charge is 2.25. The van der Waals surface area contributed by atoms with E-state index in [0.717, 1.165) is 22.3 Å². The van der Waals surface area contributed by atoms with Crippen molar-refractivity contribution in [1.29, 1.82) is 0 Å². The van der Waals surface area contributed by atoms with Gasteiger partial charge in [0.05, 0.1) is 30.4 Å². The van der Waals surface area contributed by atoms with Crippen LogP contribution in [0.5, 0.6) is 0 Å². The molecule has 2 aromatic carbocycles. The van der Waals surface area contributed by atoms with E-state index in [-0.39, 0.29) is 21.5 Å². The third-order valence-corrected chi connectivity index (χ3v) is 8.34. The van der Waals surface area contributed by atoms with E-state index in [2.05, 4.69) is 20.8 Å². The summed E-state index contributed by atoms with van der Waals surface area (Å²) in [5.41, 5.74) is 3.50. The van der Waals surface area contributed by atoms with E-state index in [9.17, 15) is 23.2 Å². The number of nitrogens with one attached hydrogen (secondary N) is 2. The lowest BCUT2D eigenvalue weighted by Crippen LogP contribution is -2.39. The van der Waals surface area contributed by atoms with E-state index >= 15 is 0 Å². The first-order valence-electron chi connectivity index (χ1n) is 13.5. The first-order chi connectivity index (χ1) is 21.3. The molecule has 0 aliphatic carbocycles. The van der Waals surface area contributed by atoms with Gasteiger partial charge >= 0.3 is 5.69 Å². The molecular weight excluding hydrogens is 590 g/mol. The van der Waals surface area contributed by atoms with Gasteiger partial charge in [-0.1, -0.05) is 18.2 Å². The molecule has 1 amide bonds. The van der Waals surface area contributed by atoms with E-state index in [4.69, 9.17) is 0 Å². The Morgan fingerprint density at radius 3 is 2.41 bits per heavy atom. The highest BCUT2D eigenvalue weighted by atomic mass is 32.1. The summed E-state index contributed by atoms with van der Waals surface area (Å²) in [4.78, 5) is 46.6. The second kappa shape index (κ2) is 11.9. The predicted molar refractivity (Wildman–Crippen MR) is 166 cm³/mol. The Balaban J connectivity index is 1.63. The van der Waals surface area contributed by atoms with Crippen molar-refractivity contribution in [1.82, 2.24) is 24.4 Å². The molecule has 0 unspecified atom stereocenters. The van der Waals surface area contributed by atoms with Gasteiger partial charge in [0.15, 0.2) is 5.82 Å². The molecule has 0 bridgehead atoms. The van der Waals surface area contributed by atoms with Crippen molar-refractivity contribution in [3.05, 3.63) is 104 Å². The lowest BCUT2D eigenvalue weighted by molar-refractivity contribution is -0.105. The first kappa shape index (κ1) is 29.0. The normalized spacial score (nSPS) is 12.9. The Morgan fingerprint density at radius 1 is 1.05 bits per heavy atom. The van der Waals surface area contributed by atoms with Crippen LogP contribution in [0.2, 0.25) is 0 Å². The lowest BCUT2D eigenvalue weighted by atomic mass is 10.1. The van der Waals surface area contributed by atoms with Crippen LogP contribution in [0.25, 0.3) is 26.3 Å². The van der Waals surface area contributed by atoms with Gasteiger partial charge in [-0.2, -0.15) is 10.2 Å². The molecule has 14 heteroatoms. The fourth-order valence-corrected chi connectivity index (χ4v) is 6.33. The molecule has 3 aromatic heterocycles. The van der Waals surface area contributed by atoms with Crippen LogP contribution in [0.15, 0.2) is 75.5 Å². The first-order valence-corrected chi connectivity index (χ1v) is 14.3. The van der Waals surface area contributed by atoms with Gasteiger partial charge in [0.25, 0.3) is 5.56 Å². The highest BCUT2D eigenvalue weighted by molar-refractivity contribution is 7.22. The molecule has 6 rings (SSSR count). The van der Waals surface area contributed by atoms with Gasteiger partial charge in [-0.3, -0.25) is 14.2 Å². The summed E-state index contributed by atoms with van der Waals surface area (Å²) < 4.78 is 32.0. The average Bonchev–Trinajstić information content (AvgIpc) is 3.67. The molecule has 0 fully saturated rings. The van der Waals surface area contributed by atoms with Crippen LogP contribution in [0.4, 0.5) is 20.3 Å². The predicted octanol–water partition coefficient (Wildman–Crippen LogP) is 3.54. The lowest BCUT2D eigenvalue weighted by Gasteiger charge is -2.16. The Morgan fingerprint density at radius 2 is 1.80 bits per heavy atom. The average molecular weight is 617 g/mol. The molecule has 1 aliphatic rings. The summed E-state index contributed by atoms with van der Waals surface area (Å²) in [6, 6.07) is 13.7. The Labute approximate surface area is 253 Å². The minimum atomic E-state index is -0.809. The van der Waals surface area contributed by atoms with Crippen molar-refractivity contribution in [3.63, 3.8) is 0 Å². The number of hydrogen-bond donors (Lipinski definition) is 2. The van der Waals surface area contributed by atoms with Gasteiger partial charge in [-0.15, -0.1) is 11.3 Å². The summed E-state index contributed by atoms with van der Waals surface area (Å²) in [5, 5.41) is 8.46. The van der Waals surface area contributed by atoms with Crippen molar-refractivity contribution < 1.29 is 13.6 Å². The van der Waals surface area contributed by atoms with E-state index in [1.165, 1.54) is 33.3 Å². The summed E-state index contributed by atoms with van der Waals surface area (Å²) >= 11 is 1.19. The van der Waals surface area contributed by atoms with Crippen molar-refractivity contribution in [2.24, 2.45) is 5.10 Å². The van der Waals surface area contributed by atoms with E-state index < -0.39 is 29.4 Å². The van der Waals surface area contributed by atoms with E-state index in [1.807, 2.05) is 19.0 Å². The number of nitrogens with zero attached hydrogens (tertiary/aromatic N) is 6. The molecule has 5 aromatic rings. The van der Waals surface area contributed by atoms with Crippen LogP contribution in [-0.4, -0.2) is 52.3 Å². The van der Waals surface area contributed by atoms with Crippen molar-refractivity contribution >= 4 is 45.7 Å². The Bertz CT molecular complexity index is 2000. The molecule has 0 saturated carbocycles. The molecular formula is C30H26F2N8O3S. The van der Waals surface area contributed by atoms with Crippen LogP contribution in [0.1, 0.15) is 11.1 Å². The number of hydrazine groups is 1. The molecule has 0 spiro atoms. The van der Waals surface area contributed by atoms with Crippen LogP contribution in [0.3, 0.4) is 0 Å². The van der Waals surface area contributed by atoms with Gasteiger partial charge in [0.2, 0.25) is 6.41 Å². The number of halogens is 2. The number of carbonyl (C=O) groups is 1. The molecule has 44 heavy (non-hydrogen) atoms. The summed E-state index contributed by atoms with van der Waals surface area (Å²) in [6.45, 7) is 0.416. The van der Waals surface area contributed by atoms with Gasteiger partial charge in [0.1, 0.15) is 16.5 Å². The third-order valence-electron chi connectivity index (χ3n) is 7.03. The molecule has 2 N–H and O–H groups in total. The number of aromatic nitrogens is 3. The number of amides is 1. The number of thiophene rings is 1.